The van der Waals surface area contributed by atoms with Crippen molar-refractivity contribution in [2.75, 3.05) is 18.2 Å². The molecule has 4 rings (SSSR count). The monoisotopic (exact) mass is 393 g/mol. The molecule has 1 atom stereocenters. The predicted octanol–water partition coefficient (Wildman–Crippen LogP) is 3.59. The Morgan fingerprint density at radius 3 is 2.75 bits per heavy atom. The number of ether oxygens (including phenoxy) is 1. The fourth-order valence-electron chi connectivity index (χ4n) is 3.38. The van der Waals surface area contributed by atoms with Gasteiger partial charge in [-0.1, -0.05) is 42.1 Å². The Balaban J connectivity index is 1.79. The van der Waals surface area contributed by atoms with Gasteiger partial charge < -0.3 is 10.1 Å². The van der Waals surface area contributed by atoms with Gasteiger partial charge in [-0.3, -0.25) is 14.5 Å². The van der Waals surface area contributed by atoms with E-state index >= 15 is 0 Å². The van der Waals surface area contributed by atoms with Crippen molar-refractivity contribution in [1.29, 1.82) is 0 Å². The number of nitrogens with one attached hydrogen (secondary N) is 1. The van der Waals surface area contributed by atoms with Crippen LogP contribution in [0.3, 0.4) is 0 Å². The average Bonchev–Trinajstić information content (AvgIpc) is 3.07. The van der Waals surface area contributed by atoms with Crippen LogP contribution in [0.1, 0.15) is 18.5 Å². The van der Waals surface area contributed by atoms with Crippen molar-refractivity contribution < 1.29 is 14.3 Å². The van der Waals surface area contributed by atoms with E-state index in [0.29, 0.717) is 33.6 Å². The highest BCUT2D eigenvalue weighted by Crippen LogP contribution is 2.41. The standard InChI is InChI=1S/C21H19N3O3S/c1-13-18(20(26)23-15-8-4-3-5-9-15)19(14-7-6-10-16(11-14)27-2)24-17(25)12-28-21(24)22-13/h3-11,19H,12H2,1-2H3,(H,23,26)/t19-/m0/s1. The number of nitrogens with zero attached hydrogens (tertiary/aromatic N) is 2. The maximum Gasteiger partial charge on any atom is 0.255 e. The summed E-state index contributed by atoms with van der Waals surface area (Å²) in [7, 11) is 1.59. The van der Waals surface area contributed by atoms with E-state index in [0.717, 1.165) is 5.56 Å². The summed E-state index contributed by atoms with van der Waals surface area (Å²) in [6, 6.07) is 16.1. The van der Waals surface area contributed by atoms with Crippen LogP contribution in [0.15, 0.2) is 70.9 Å². The molecule has 0 bridgehead atoms. The number of carbonyl (C=O) groups is 2. The van der Waals surface area contributed by atoms with Gasteiger partial charge in [0.1, 0.15) is 5.75 Å². The zero-order valence-corrected chi connectivity index (χ0v) is 16.3. The number of hydrogen-bond acceptors (Lipinski definition) is 5. The highest BCUT2D eigenvalue weighted by molar-refractivity contribution is 8.15. The molecule has 6 nitrogen and oxygen atoms in total. The van der Waals surface area contributed by atoms with E-state index in [9.17, 15) is 9.59 Å². The van der Waals surface area contributed by atoms with E-state index in [1.807, 2.05) is 54.6 Å². The van der Waals surface area contributed by atoms with E-state index in [-0.39, 0.29) is 11.8 Å². The van der Waals surface area contributed by atoms with E-state index in [2.05, 4.69) is 10.3 Å². The van der Waals surface area contributed by atoms with Gasteiger partial charge in [0.25, 0.3) is 5.91 Å². The lowest BCUT2D eigenvalue weighted by Gasteiger charge is -2.33. The second-order valence-corrected chi connectivity index (χ2v) is 7.39. The molecule has 2 aliphatic rings. The number of methoxy groups -OCH3 is 1. The molecule has 2 amide bonds. The Bertz CT molecular complexity index is 1000. The van der Waals surface area contributed by atoms with Crippen molar-refractivity contribution in [1.82, 2.24) is 4.90 Å². The first-order chi connectivity index (χ1) is 13.6. The summed E-state index contributed by atoms with van der Waals surface area (Å²) in [5, 5.41) is 3.55. The minimum absolute atomic E-state index is 0.0610. The minimum atomic E-state index is -0.547. The fourth-order valence-corrected chi connectivity index (χ4v) is 4.32. The van der Waals surface area contributed by atoms with Gasteiger partial charge in [-0.25, -0.2) is 4.99 Å². The normalized spacial score (nSPS) is 18.6. The van der Waals surface area contributed by atoms with E-state index in [4.69, 9.17) is 4.74 Å². The van der Waals surface area contributed by atoms with Gasteiger partial charge in [-0.2, -0.15) is 0 Å². The molecule has 1 N–H and O–H groups in total. The second-order valence-electron chi connectivity index (χ2n) is 6.45. The van der Waals surface area contributed by atoms with Crippen molar-refractivity contribution in [2.45, 2.75) is 13.0 Å². The van der Waals surface area contributed by atoms with Crippen LogP contribution in [0, 0.1) is 0 Å². The SMILES string of the molecule is COc1cccc([C@H]2C(C(=O)Nc3ccccc3)=C(C)N=C3SCC(=O)N32)c1. The second kappa shape index (κ2) is 7.52. The third-order valence-electron chi connectivity index (χ3n) is 4.67. The Kier molecular flexibility index (Phi) is 4.92. The van der Waals surface area contributed by atoms with Crippen LogP contribution in [0.2, 0.25) is 0 Å². The summed E-state index contributed by atoms with van der Waals surface area (Å²) in [6.45, 7) is 1.81. The van der Waals surface area contributed by atoms with Crippen molar-refractivity contribution in [3.63, 3.8) is 0 Å². The van der Waals surface area contributed by atoms with Gasteiger partial charge in [-0.15, -0.1) is 0 Å². The van der Waals surface area contributed by atoms with Crippen LogP contribution in [-0.2, 0) is 9.59 Å². The molecule has 2 aliphatic heterocycles. The summed E-state index contributed by atoms with van der Waals surface area (Å²) in [6.07, 6.45) is 0. The lowest BCUT2D eigenvalue weighted by Crippen LogP contribution is -2.40. The van der Waals surface area contributed by atoms with Crippen molar-refractivity contribution in [3.05, 3.63) is 71.4 Å². The average molecular weight is 393 g/mol. The summed E-state index contributed by atoms with van der Waals surface area (Å²) < 4.78 is 5.35. The van der Waals surface area contributed by atoms with Gasteiger partial charge in [-0.05, 0) is 36.8 Å². The topological polar surface area (TPSA) is 71.0 Å². The van der Waals surface area contributed by atoms with Crippen LogP contribution in [-0.4, -0.2) is 34.7 Å². The number of amides is 2. The first-order valence-corrected chi connectivity index (χ1v) is 9.81. The van der Waals surface area contributed by atoms with Crippen molar-refractivity contribution >= 4 is 34.4 Å². The summed E-state index contributed by atoms with van der Waals surface area (Å²) >= 11 is 1.39. The van der Waals surface area contributed by atoms with Crippen LogP contribution in [0.25, 0.3) is 0 Å². The molecule has 2 aromatic rings. The Hall–Kier alpha value is -3.06. The van der Waals surface area contributed by atoms with Crippen LogP contribution in [0.5, 0.6) is 5.75 Å². The van der Waals surface area contributed by atoms with Gasteiger partial charge in [0.15, 0.2) is 5.17 Å². The minimum Gasteiger partial charge on any atom is -0.497 e. The number of anilines is 1. The molecule has 28 heavy (non-hydrogen) atoms. The lowest BCUT2D eigenvalue weighted by atomic mass is 9.93. The molecule has 0 aliphatic carbocycles. The number of thioether (sulfide) groups is 1. The first kappa shape index (κ1) is 18.3. The molecular formula is C21H19N3O3S. The molecule has 7 heteroatoms. The molecular weight excluding hydrogens is 374 g/mol. The maximum atomic E-state index is 13.2. The molecule has 2 heterocycles. The number of hydrogen-bond donors (Lipinski definition) is 1. The number of benzene rings is 2. The summed E-state index contributed by atoms with van der Waals surface area (Å²) in [5.74, 6) is 0.652. The van der Waals surface area contributed by atoms with E-state index < -0.39 is 6.04 Å². The predicted molar refractivity (Wildman–Crippen MR) is 110 cm³/mol. The number of rotatable bonds is 4. The highest BCUT2D eigenvalue weighted by Gasteiger charge is 2.42. The smallest absolute Gasteiger partial charge is 0.255 e. The summed E-state index contributed by atoms with van der Waals surface area (Å²) in [5.41, 5.74) is 2.56. The molecule has 0 spiro atoms. The molecule has 0 radical (unpaired) electrons. The fraction of sp³-hybridized carbons (Fsp3) is 0.190. The number of allylic oxidation sites excluding steroid dienone is 1. The Morgan fingerprint density at radius 2 is 2.00 bits per heavy atom. The molecule has 0 unspecified atom stereocenters. The third kappa shape index (κ3) is 3.29. The lowest BCUT2D eigenvalue weighted by molar-refractivity contribution is -0.125. The molecule has 1 saturated heterocycles. The largest absolute Gasteiger partial charge is 0.497 e. The number of fused-ring (bicyclic) bond motifs is 1. The Morgan fingerprint density at radius 1 is 1.21 bits per heavy atom. The number of aliphatic imine (C=N–C) groups is 1. The van der Waals surface area contributed by atoms with Gasteiger partial charge >= 0.3 is 0 Å². The summed E-state index contributed by atoms with van der Waals surface area (Å²) in [4.78, 5) is 32.0. The molecule has 0 saturated carbocycles. The molecule has 0 aromatic heterocycles. The maximum absolute atomic E-state index is 13.2. The van der Waals surface area contributed by atoms with Crippen LogP contribution in [0.4, 0.5) is 5.69 Å². The highest BCUT2D eigenvalue weighted by atomic mass is 32.2. The van der Waals surface area contributed by atoms with Crippen LogP contribution < -0.4 is 10.1 Å². The van der Waals surface area contributed by atoms with Crippen LogP contribution >= 0.6 is 11.8 Å². The quantitative estimate of drug-likeness (QED) is 0.862. The first-order valence-electron chi connectivity index (χ1n) is 8.83. The molecule has 142 valence electrons. The van der Waals surface area contributed by atoms with E-state index in [1.165, 1.54) is 11.8 Å². The van der Waals surface area contributed by atoms with Crippen molar-refractivity contribution in [3.8, 4) is 5.75 Å². The zero-order chi connectivity index (χ0) is 19.7. The Labute approximate surface area is 167 Å². The number of para-hydroxylation sites is 1. The number of amidine groups is 1. The molecule has 1 fully saturated rings. The van der Waals surface area contributed by atoms with Crippen molar-refractivity contribution in [2.24, 2.45) is 4.99 Å². The number of carbonyl (C=O) groups excluding carboxylic acids is 2. The van der Waals surface area contributed by atoms with E-state index in [1.54, 1.807) is 18.9 Å². The van der Waals surface area contributed by atoms with Gasteiger partial charge in [0, 0.05) is 5.69 Å². The zero-order valence-electron chi connectivity index (χ0n) is 15.5. The molecule has 2 aromatic carbocycles. The van der Waals surface area contributed by atoms with Gasteiger partial charge in [0.05, 0.1) is 30.2 Å². The third-order valence-corrected chi connectivity index (χ3v) is 5.61. The van der Waals surface area contributed by atoms with Gasteiger partial charge in [0.2, 0.25) is 5.91 Å².